The number of hydrogen-bond donors (Lipinski definition) is 0. The first kappa shape index (κ1) is 28.4. The molecule has 0 unspecified atom stereocenters. The van der Waals surface area contributed by atoms with E-state index < -0.39 is 0 Å². The van der Waals surface area contributed by atoms with Gasteiger partial charge in [-0.3, -0.25) is 0 Å². The van der Waals surface area contributed by atoms with Crippen LogP contribution in [0, 0.1) is 0 Å². The van der Waals surface area contributed by atoms with Crippen molar-refractivity contribution in [2.75, 3.05) is 0 Å². The summed E-state index contributed by atoms with van der Waals surface area (Å²) in [4.78, 5) is 0. The predicted molar refractivity (Wildman–Crippen MR) is 211 cm³/mol. The van der Waals surface area contributed by atoms with E-state index in [1.54, 1.807) is 0 Å². The summed E-state index contributed by atoms with van der Waals surface area (Å²) in [5, 5.41) is 5.02. The maximum absolute atomic E-state index is 2.46. The van der Waals surface area contributed by atoms with Gasteiger partial charge in [0.25, 0.3) is 0 Å². The van der Waals surface area contributed by atoms with Crippen molar-refractivity contribution in [2.24, 2.45) is 0 Å². The Balaban J connectivity index is 1.25. The molecule has 0 saturated heterocycles. The summed E-state index contributed by atoms with van der Waals surface area (Å²) in [6.07, 6.45) is 0. The van der Waals surface area contributed by atoms with Gasteiger partial charge in [-0.05, 0) is 76.3 Å². The molecule has 10 aromatic rings. The minimum atomic E-state index is 1.17. The molecule has 0 N–H and O–H groups in total. The lowest BCUT2D eigenvalue weighted by atomic mass is 9.92. The summed E-state index contributed by atoms with van der Waals surface area (Å²) < 4.78 is 4.86. The number of nitrogens with zero attached hydrogens (tertiary/aromatic N) is 2. The molecule has 0 atom stereocenters. The second-order valence-electron chi connectivity index (χ2n) is 12.9. The Hall–Kier alpha value is -6.64. The zero-order valence-corrected chi connectivity index (χ0v) is 27.4. The van der Waals surface area contributed by atoms with Crippen molar-refractivity contribution in [3.8, 4) is 44.8 Å². The van der Waals surface area contributed by atoms with Crippen molar-refractivity contribution in [2.45, 2.75) is 0 Å². The van der Waals surface area contributed by atoms with Crippen molar-refractivity contribution < 1.29 is 0 Å². The average molecular weight is 637 g/mol. The Kier molecular flexibility index (Phi) is 6.53. The minimum absolute atomic E-state index is 1.17. The molecule has 10 rings (SSSR count). The molecule has 2 heterocycles. The van der Waals surface area contributed by atoms with Crippen molar-refractivity contribution >= 4 is 43.6 Å². The summed E-state index contributed by atoms with van der Waals surface area (Å²) in [6, 6.07) is 70.3. The summed E-state index contributed by atoms with van der Waals surface area (Å²) in [5.41, 5.74) is 14.5. The van der Waals surface area contributed by atoms with E-state index in [-0.39, 0.29) is 0 Å². The lowest BCUT2D eigenvalue weighted by Crippen LogP contribution is -1.99. The van der Waals surface area contributed by atoms with E-state index in [0.717, 1.165) is 0 Å². The van der Waals surface area contributed by atoms with Gasteiger partial charge in [0, 0.05) is 32.8 Å². The molecule has 2 nitrogen and oxygen atoms in total. The van der Waals surface area contributed by atoms with E-state index in [4.69, 9.17) is 0 Å². The number of benzene rings is 8. The van der Waals surface area contributed by atoms with Crippen LogP contribution in [0.5, 0.6) is 0 Å². The lowest BCUT2D eigenvalue weighted by Gasteiger charge is -2.18. The molecule has 0 amide bonds. The number of aromatic nitrogens is 2. The van der Waals surface area contributed by atoms with Crippen molar-refractivity contribution in [1.82, 2.24) is 9.13 Å². The van der Waals surface area contributed by atoms with Gasteiger partial charge in [0.1, 0.15) is 0 Å². The van der Waals surface area contributed by atoms with Gasteiger partial charge in [0.15, 0.2) is 0 Å². The highest BCUT2D eigenvalue weighted by Crippen LogP contribution is 2.43. The molecule has 2 aromatic heterocycles. The van der Waals surface area contributed by atoms with Crippen LogP contribution in [0.15, 0.2) is 194 Å². The second-order valence-corrected chi connectivity index (χ2v) is 12.9. The third-order valence-corrected chi connectivity index (χ3v) is 10.1. The molecule has 0 aliphatic carbocycles. The lowest BCUT2D eigenvalue weighted by molar-refractivity contribution is 1.18. The zero-order chi connectivity index (χ0) is 33.0. The van der Waals surface area contributed by atoms with Crippen LogP contribution in [0.25, 0.3) is 88.4 Å². The number of para-hydroxylation sites is 3. The molecule has 8 aromatic carbocycles. The molecule has 50 heavy (non-hydrogen) atoms. The van der Waals surface area contributed by atoms with Crippen molar-refractivity contribution in [3.05, 3.63) is 194 Å². The number of hydrogen-bond acceptors (Lipinski definition) is 0. The van der Waals surface area contributed by atoms with Crippen LogP contribution in [-0.2, 0) is 0 Å². The average Bonchev–Trinajstić information content (AvgIpc) is 3.71. The Bertz CT molecular complexity index is 2840. The SMILES string of the molecule is c1ccc(-c2cccc(-n3c4ccccc4c4cc(-c5cccc6c5c5ccccc5n6-c5ccccc5)ccc43)c2-c2ccccc2)cc1. The van der Waals surface area contributed by atoms with Gasteiger partial charge < -0.3 is 9.13 Å². The highest BCUT2D eigenvalue weighted by molar-refractivity contribution is 6.17. The maximum Gasteiger partial charge on any atom is 0.0547 e. The fraction of sp³-hybridized carbons (Fsp3) is 0. The van der Waals surface area contributed by atoms with Crippen molar-refractivity contribution in [1.29, 1.82) is 0 Å². The minimum Gasteiger partial charge on any atom is -0.309 e. The molecule has 0 fully saturated rings. The largest absolute Gasteiger partial charge is 0.309 e. The van der Waals surface area contributed by atoms with Gasteiger partial charge in [-0.25, -0.2) is 0 Å². The highest BCUT2D eigenvalue weighted by Gasteiger charge is 2.20. The van der Waals surface area contributed by atoms with Crippen LogP contribution in [0.3, 0.4) is 0 Å². The Labute approximate surface area is 290 Å². The first-order valence-corrected chi connectivity index (χ1v) is 17.2. The molecule has 0 bridgehead atoms. The van der Waals surface area contributed by atoms with E-state index >= 15 is 0 Å². The summed E-state index contributed by atoms with van der Waals surface area (Å²) in [7, 11) is 0. The van der Waals surface area contributed by atoms with E-state index in [0.29, 0.717) is 0 Å². The molecular formula is C48H32N2. The smallest absolute Gasteiger partial charge is 0.0547 e. The third kappa shape index (κ3) is 4.36. The van der Waals surface area contributed by atoms with E-state index in [1.165, 1.54) is 88.4 Å². The summed E-state index contributed by atoms with van der Waals surface area (Å²) >= 11 is 0. The fourth-order valence-electron chi connectivity index (χ4n) is 8.01. The number of rotatable bonds is 5. The Morgan fingerprint density at radius 3 is 1.62 bits per heavy atom. The summed E-state index contributed by atoms with van der Waals surface area (Å²) in [6.45, 7) is 0. The standard InChI is InChI=1S/C48H32N2/c1-4-16-33(17-5-1)37-24-14-28-45(47(37)34-18-6-2-7-19-34)50-42-26-12-10-22-39(42)41-32-35(30-31-44(41)50)38-25-15-29-46-48(38)40-23-11-13-27-43(40)49(46)36-20-8-3-9-21-36/h1-32H. The maximum atomic E-state index is 2.46. The van der Waals surface area contributed by atoms with Crippen molar-refractivity contribution in [3.63, 3.8) is 0 Å². The molecule has 2 heteroatoms. The topological polar surface area (TPSA) is 9.86 Å². The van der Waals surface area contributed by atoms with Crippen LogP contribution in [0.4, 0.5) is 0 Å². The quantitative estimate of drug-likeness (QED) is 0.178. The Morgan fingerprint density at radius 2 is 0.860 bits per heavy atom. The van der Waals surface area contributed by atoms with Crippen LogP contribution < -0.4 is 0 Å². The van der Waals surface area contributed by atoms with Crippen LogP contribution in [0.1, 0.15) is 0 Å². The number of fused-ring (bicyclic) bond motifs is 6. The first-order valence-electron chi connectivity index (χ1n) is 17.2. The van der Waals surface area contributed by atoms with Gasteiger partial charge in [-0.15, -0.1) is 0 Å². The van der Waals surface area contributed by atoms with Gasteiger partial charge in [-0.1, -0.05) is 146 Å². The van der Waals surface area contributed by atoms with Crippen LogP contribution in [-0.4, -0.2) is 9.13 Å². The van der Waals surface area contributed by atoms with E-state index in [9.17, 15) is 0 Å². The van der Waals surface area contributed by atoms with Gasteiger partial charge in [0.2, 0.25) is 0 Å². The molecular weight excluding hydrogens is 605 g/mol. The molecule has 0 spiro atoms. The predicted octanol–water partition coefficient (Wildman–Crippen LogP) is 12.9. The molecule has 0 saturated carbocycles. The molecule has 234 valence electrons. The highest BCUT2D eigenvalue weighted by atomic mass is 15.0. The normalized spacial score (nSPS) is 11.6. The van der Waals surface area contributed by atoms with Crippen LogP contribution >= 0.6 is 0 Å². The summed E-state index contributed by atoms with van der Waals surface area (Å²) in [5.74, 6) is 0. The molecule has 0 aliphatic heterocycles. The van der Waals surface area contributed by atoms with E-state index in [1.807, 2.05) is 0 Å². The van der Waals surface area contributed by atoms with Crippen LogP contribution in [0.2, 0.25) is 0 Å². The fourth-order valence-corrected chi connectivity index (χ4v) is 8.01. The second kappa shape index (κ2) is 11.5. The Morgan fingerprint density at radius 1 is 0.300 bits per heavy atom. The monoisotopic (exact) mass is 636 g/mol. The third-order valence-electron chi connectivity index (χ3n) is 10.1. The van der Waals surface area contributed by atoms with Gasteiger partial charge in [-0.2, -0.15) is 0 Å². The molecule has 0 aliphatic rings. The van der Waals surface area contributed by atoms with Gasteiger partial charge in [0.05, 0.1) is 27.8 Å². The zero-order valence-electron chi connectivity index (χ0n) is 27.4. The van der Waals surface area contributed by atoms with Gasteiger partial charge >= 0.3 is 0 Å². The van der Waals surface area contributed by atoms with E-state index in [2.05, 4.69) is 203 Å². The first-order chi connectivity index (χ1) is 24.8. The molecule has 0 radical (unpaired) electrons.